The molecule has 0 atom stereocenters. The normalized spacial score (nSPS) is 18.9. The van der Waals surface area contributed by atoms with Gasteiger partial charge in [0.15, 0.2) is 11.5 Å². The summed E-state index contributed by atoms with van der Waals surface area (Å²) in [7, 11) is 0. The number of ketones is 2. The van der Waals surface area contributed by atoms with Gasteiger partial charge in [-0.2, -0.15) is 0 Å². The monoisotopic (exact) mass is 453 g/mol. The summed E-state index contributed by atoms with van der Waals surface area (Å²) in [6.45, 7) is 0. The first-order valence-corrected chi connectivity index (χ1v) is 11.3. The van der Waals surface area contributed by atoms with Gasteiger partial charge in [-0.25, -0.2) is 0 Å². The average molecular weight is 453 g/mol. The molecule has 25 heavy (non-hydrogen) atoms. The Hall–Kier alpha value is -1.37. The van der Waals surface area contributed by atoms with Crippen molar-refractivity contribution in [2.45, 2.75) is 51.4 Å². The lowest BCUT2D eigenvalue weighted by molar-refractivity contribution is -0.636. The summed E-state index contributed by atoms with van der Waals surface area (Å²) in [5.74, 6) is 1.52. The van der Waals surface area contributed by atoms with Crippen LogP contribution < -0.4 is 21.2 Å². The first kappa shape index (κ1) is 17.1. The van der Waals surface area contributed by atoms with Crippen molar-refractivity contribution in [2.24, 2.45) is 11.8 Å². The van der Waals surface area contributed by atoms with E-state index < -0.39 is 21.2 Å². The van der Waals surface area contributed by atoms with E-state index in [9.17, 15) is 9.59 Å². The maximum Gasteiger partial charge on any atom is 0.443 e. The van der Waals surface area contributed by atoms with Crippen LogP contribution in [0.15, 0.2) is 33.1 Å². The third-order valence-corrected chi connectivity index (χ3v) is 7.49. The molecule has 0 saturated heterocycles. The molecule has 0 bridgehead atoms. The number of hydrogen-bond acceptors (Lipinski definition) is 4. The Kier molecular flexibility index (Phi) is 5.10. The van der Waals surface area contributed by atoms with Gasteiger partial charge in [0.25, 0.3) is 0 Å². The second-order valence-electron chi connectivity index (χ2n) is 6.99. The Morgan fingerprint density at radius 3 is 1.52 bits per heavy atom. The molecule has 2 aliphatic carbocycles. The number of carbonyl (C=O) groups is 2. The van der Waals surface area contributed by atoms with Crippen molar-refractivity contribution in [1.82, 2.24) is 0 Å². The summed E-state index contributed by atoms with van der Waals surface area (Å²) in [5, 5.41) is 0. The lowest BCUT2D eigenvalue weighted by atomic mass is 10.0. The molecule has 0 aliphatic heterocycles. The summed E-state index contributed by atoms with van der Waals surface area (Å²) >= 11 is -0.645. The molecule has 2 aliphatic rings. The smallest absolute Gasteiger partial charge is 0.415 e. The molecule has 0 amide bonds. The zero-order chi connectivity index (χ0) is 17.2. The minimum atomic E-state index is -0.645. The minimum absolute atomic E-state index is 0.136. The predicted octanol–water partition coefficient (Wildman–Crippen LogP) is 1.75. The lowest BCUT2D eigenvalue weighted by Crippen LogP contribution is -3.61. The van der Waals surface area contributed by atoms with E-state index in [0.29, 0.717) is 11.5 Å². The molecular weight excluding hydrogens is 431 g/mol. The maximum atomic E-state index is 12.4. The van der Waals surface area contributed by atoms with E-state index in [1.807, 2.05) is 12.1 Å². The molecule has 0 N–H and O–H groups in total. The van der Waals surface area contributed by atoms with Gasteiger partial charge in [-0.1, -0.05) is 25.7 Å². The molecule has 0 aromatic carbocycles. The van der Waals surface area contributed by atoms with Crippen LogP contribution in [0.1, 0.15) is 72.5 Å². The molecule has 132 valence electrons. The van der Waals surface area contributed by atoms with Crippen molar-refractivity contribution < 1.29 is 39.6 Å². The molecule has 2 saturated carbocycles. The lowest BCUT2D eigenvalue weighted by Gasteiger charge is -2.03. The fourth-order valence-electron chi connectivity index (χ4n) is 3.87. The summed E-state index contributed by atoms with van der Waals surface area (Å²) in [6, 6.07) is 7.36. The van der Waals surface area contributed by atoms with Crippen LogP contribution >= 0.6 is 0 Å². The molecule has 5 heteroatoms. The molecule has 2 aromatic rings. The van der Waals surface area contributed by atoms with Crippen LogP contribution in [-0.4, -0.2) is 11.6 Å². The molecule has 0 spiro atoms. The third kappa shape index (κ3) is 3.76. The SMILES string of the molecule is O=C(c1ccc([I+]c2ccc(C(=O)C3CCCC3)o2)o1)C1CCCC1. The standard InChI is InChI=1S/C20H22IO4/c22-19(13-5-1-2-6-13)15-9-11-17(24-15)21-18-12-10-16(25-18)20(23)14-7-3-4-8-14/h9-14H,1-8H2/q+1. The zero-order valence-electron chi connectivity index (χ0n) is 14.1. The van der Waals surface area contributed by atoms with Crippen molar-refractivity contribution in [1.29, 1.82) is 0 Å². The number of carbonyl (C=O) groups excluding carboxylic acids is 2. The summed E-state index contributed by atoms with van der Waals surface area (Å²) in [6.07, 6.45) is 8.48. The molecule has 0 radical (unpaired) electrons. The van der Waals surface area contributed by atoms with E-state index in [-0.39, 0.29) is 23.4 Å². The van der Waals surface area contributed by atoms with Crippen LogP contribution in [0.3, 0.4) is 0 Å². The maximum absolute atomic E-state index is 12.4. The third-order valence-electron chi connectivity index (χ3n) is 5.27. The largest absolute Gasteiger partial charge is 0.443 e. The van der Waals surface area contributed by atoms with Gasteiger partial charge in [0.2, 0.25) is 11.6 Å². The van der Waals surface area contributed by atoms with Crippen molar-refractivity contribution >= 4 is 11.6 Å². The van der Waals surface area contributed by atoms with Gasteiger partial charge in [0, 0.05) is 24.0 Å². The van der Waals surface area contributed by atoms with E-state index in [1.165, 1.54) is 0 Å². The fourth-order valence-corrected chi connectivity index (χ4v) is 5.80. The van der Waals surface area contributed by atoms with Crippen LogP contribution in [-0.2, 0) is 0 Å². The number of hydrogen-bond donors (Lipinski definition) is 0. The summed E-state index contributed by atoms with van der Waals surface area (Å²) in [5.41, 5.74) is 0. The number of furan rings is 2. The number of halogens is 1. The van der Waals surface area contributed by atoms with Crippen LogP contribution in [0, 0.1) is 19.4 Å². The molecule has 4 rings (SSSR count). The van der Waals surface area contributed by atoms with Crippen molar-refractivity contribution in [3.05, 3.63) is 43.3 Å². The molecule has 2 fully saturated rings. The molecular formula is C20H22IO4+. The Morgan fingerprint density at radius 2 is 1.12 bits per heavy atom. The highest BCUT2D eigenvalue weighted by atomic mass is 127. The quantitative estimate of drug-likeness (QED) is 0.494. The fraction of sp³-hybridized carbons (Fsp3) is 0.500. The highest BCUT2D eigenvalue weighted by Crippen LogP contribution is 2.29. The summed E-state index contributed by atoms with van der Waals surface area (Å²) < 4.78 is 13.2. The van der Waals surface area contributed by atoms with E-state index in [1.54, 1.807) is 12.1 Å². The van der Waals surface area contributed by atoms with Crippen molar-refractivity contribution in [3.8, 4) is 0 Å². The average Bonchev–Trinajstić information content (AvgIpc) is 3.41. The van der Waals surface area contributed by atoms with Crippen LogP contribution in [0.4, 0.5) is 0 Å². The Balaban J connectivity index is 1.41. The first-order valence-electron chi connectivity index (χ1n) is 9.13. The highest BCUT2D eigenvalue weighted by molar-refractivity contribution is 5.95. The zero-order valence-corrected chi connectivity index (χ0v) is 16.3. The predicted molar refractivity (Wildman–Crippen MR) is 87.4 cm³/mol. The Labute approximate surface area is 157 Å². The van der Waals surface area contributed by atoms with Crippen molar-refractivity contribution in [3.63, 3.8) is 0 Å². The van der Waals surface area contributed by atoms with Crippen LogP contribution in [0.25, 0.3) is 0 Å². The van der Waals surface area contributed by atoms with Gasteiger partial charge in [-0.05, 0) is 37.8 Å². The number of rotatable bonds is 6. The second-order valence-corrected chi connectivity index (χ2v) is 9.66. The molecule has 2 heterocycles. The van der Waals surface area contributed by atoms with Crippen LogP contribution in [0.2, 0.25) is 0 Å². The number of Topliss-reactive ketones (excluding diaryl/α,β-unsaturated/α-hetero) is 2. The van der Waals surface area contributed by atoms with E-state index >= 15 is 0 Å². The molecule has 4 nitrogen and oxygen atoms in total. The van der Waals surface area contributed by atoms with Gasteiger partial charge in [-0.3, -0.25) is 9.59 Å². The Morgan fingerprint density at radius 1 is 0.720 bits per heavy atom. The minimum Gasteiger partial charge on any atom is -0.415 e. The van der Waals surface area contributed by atoms with E-state index in [4.69, 9.17) is 8.83 Å². The van der Waals surface area contributed by atoms with Gasteiger partial charge in [-0.15, -0.1) is 0 Å². The molecule has 0 unspecified atom stereocenters. The van der Waals surface area contributed by atoms with E-state index in [2.05, 4.69) is 0 Å². The summed E-state index contributed by atoms with van der Waals surface area (Å²) in [4.78, 5) is 24.8. The molecule has 2 aromatic heterocycles. The van der Waals surface area contributed by atoms with Crippen molar-refractivity contribution in [2.75, 3.05) is 0 Å². The van der Waals surface area contributed by atoms with Gasteiger partial charge < -0.3 is 8.83 Å². The topological polar surface area (TPSA) is 60.4 Å². The van der Waals surface area contributed by atoms with Crippen LogP contribution in [0.5, 0.6) is 0 Å². The van der Waals surface area contributed by atoms with Gasteiger partial charge in [0.1, 0.15) is 0 Å². The first-order chi connectivity index (χ1) is 12.2. The van der Waals surface area contributed by atoms with Gasteiger partial charge in [0.05, 0.1) is 0 Å². The van der Waals surface area contributed by atoms with Gasteiger partial charge >= 0.3 is 28.7 Å². The van der Waals surface area contributed by atoms with E-state index in [0.717, 1.165) is 58.9 Å². The Bertz CT molecular complexity index is 696. The highest BCUT2D eigenvalue weighted by Gasteiger charge is 2.32. The second kappa shape index (κ2) is 7.48.